The van der Waals surface area contributed by atoms with Gasteiger partial charge in [-0.05, 0) is 31.7 Å². The Morgan fingerprint density at radius 2 is 2.00 bits per heavy atom. The van der Waals surface area contributed by atoms with E-state index in [9.17, 15) is 18.5 Å². The van der Waals surface area contributed by atoms with Crippen LogP contribution in [0.3, 0.4) is 0 Å². The molecule has 0 saturated heterocycles. The van der Waals surface area contributed by atoms with E-state index in [0.717, 1.165) is 0 Å². The van der Waals surface area contributed by atoms with Gasteiger partial charge >= 0.3 is 0 Å². The Balaban J connectivity index is 2.90. The fourth-order valence-corrected chi connectivity index (χ4v) is 3.29. The summed E-state index contributed by atoms with van der Waals surface area (Å²) >= 11 is 0. The van der Waals surface area contributed by atoms with E-state index in [-0.39, 0.29) is 18.0 Å². The van der Waals surface area contributed by atoms with Gasteiger partial charge < -0.3 is 5.11 Å². The molecule has 0 saturated carbocycles. The molecule has 0 atom stereocenters. The molecule has 0 heterocycles. The van der Waals surface area contributed by atoms with Crippen molar-refractivity contribution in [2.45, 2.75) is 31.1 Å². The Bertz CT molecular complexity index is 571. The molecule has 0 aliphatic rings. The molecule has 20 heavy (non-hydrogen) atoms. The number of hydrogen-bond acceptors (Lipinski definition) is 5. The van der Waals surface area contributed by atoms with Gasteiger partial charge in [-0.15, -0.1) is 0 Å². The number of unbranched alkanes of at least 4 members (excludes halogenated alkanes) is 2. The van der Waals surface area contributed by atoms with E-state index in [1.165, 1.54) is 25.1 Å². The van der Waals surface area contributed by atoms with Crippen LogP contribution in [-0.2, 0) is 10.0 Å². The van der Waals surface area contributed by atoms with Crippen LogP contribution in [0.2, 0.25) is 0 Å². The highest BCUT2D eigenvalue weighted by atomic mass is 32.2. The molecule has 7 nitrogen and oxygen atoms in total. The monoisotopic (exact) mass is 302 g/mol. The van der Waals surface area contributed by atoms with Gasteiger partial charge in [-0.2, -0.15) is 0 Å². The largest absolute Gasteiger partial charge is 0.396 e. The Morgan fingerprint density at radius 3 is 2.60 bits per heavy atom. The van der Waals surface area contributed by atoms with Gasteiger partial charge in [0.05, 0.1) is 4.92 Å². The zero-order valence-corrected chi connectivity index (χ0v) is 12.0. The van der Waals surface area contributed by atoms with Crippen molar-refractivity contribution >= 4 is 15.7 Å². The molecule has 0 aliphatic carbocycles. The molecule has 8 heteroatoms. The van der Waals surface area contributed by atoms with Crippen LogP contribution < -0.4 is 4.72 Å². The van der Waals surface area contributed by atoms with Crippen LogP contribution in [0.5, 0.6) is 0 Å². The molecule has 0 spiro atoms. The minimum Gasteiger partial charge on any atom is -0.396 e. The predicted octanol–water partition coefficient (Wildman–Crippen LogP) is 1.34. The standard InChI is InChI=1S/C12H18N2O5S/c1-10-6-5-7-11(14(16)17)12(10)20(18,19)13-8-3-2-4-9-15/h5-7,13,15H,2-4,8-9H2,1H3. The summed E-state index contributed by atoms with van der Waals surface area (Å²) in [5.74, 6) is 0. The highest BCUT2D eigenvalue weighted by Crippen LogP contribution is 2.26. The summed E-state index contributed by atoms with van der Waals surface area (Å²) in [5.41, 5.74) is -0.0880. The molecule has 1 aromatic rings. The molecule has 0 aliphatic heterocycles. The van der Waals surface area contributed by atoms with E-state index in [4.69, 9.17) is 5.11 Å². The van der Waals surface area contributed by atoms with Gasteiger partial charge in [-0.1, -0.05) is 12.1 Å². The molecule has 0 fully saturated rings. The van der Waals surface area contributed by atoms with Gasteiger partial charge in [0, 0.05) is 19.2 Å². The number of rotatable bonds is 8. The normalized spacial score (nSPS) is 11.5. The third kappa shape index (κ3) is 4.26. The molecule has 2 N–H and O–H groups in total. The van der Waals surface area contributed by atoms with Gasteiger partial charge in [0.25, 0.3) is 5.69 Å². The zero-order valence-electron chi connectivity index (χ0n) is 11.2. The molecule has 1 aromatic carbocycles. The Kier molecular flexibility index (Phi) is 6.05. The third-order valence-electron chi connectivity index (χ3n) is 2.78. The minimum absolute atomic E-state index is 0.0655. The average molecular weight is 302 g/mol. The quantitative estimate of drug-likeness (QED) is 0.428. The maximum absolute atomic E-state index is 12.1. The highest BCUT2D eigenvalue weighted by Gasteiger charge is 2.27. The summed E-state index contributed by atoms with van der Waals surface area (Å²) in [5, 5.41) is 19.5. The second kappa shape index (κ2) is 7.32. The van der Waals surface area contributed by atoms with Gasteiger partial charge in [-0.3, -0.25) is 10.1 Å². The van der Waals surface area contributed by atoms with Crippen molar-refractivity contribution in [2.75, 3.05) is 13.2 Å². The van der Waals surface area contributed by atoms with Crippen LogP contribution in [-0.4, -0.2) is 31.6 Å². The molecule has 0 radical (unpaired) electrons. The number of hydrogen-bond donors (Lipinski definition) is 2. The van der Waals surface area contributed by atoms with Gasteiger partial charge in [0.1, 0.15) is 0 Å². The summed E-state index contributed by atoms with van der Waals surface area (Å²) in [6.45, 7) is 1.77. The summed E-state index contributed by atoms with van der Waals surface area (Å²) in [7, 11) is -3.91. The Morgan fingerprint density at radius 1 is 1.30 bits per heavy atom. The van der Waals surface area contributed by atoms with Gasteiger partial charge in [0.15, 0.2) is 4.90 Å². The SMILES string of the molecule is Cc1cccc([N+](=O)[O-])c1S(=O)(=O)NCCCCCO. The molecule has 0 aromatic heterocycles. The fourth-order valence-electron chi connectivity index (χ4n) is 1.82. The maximum Gasteiger partial charge on any atom is 0.289 e. The van der Waals surface area contributed by atoms with Crippen molar-refractivity contribution in [3.8, 4) is 0 Å². The lowest BCUT2D eigenvalue weighted by atomic mass is 10.2. The Labute approximate surface area is 117 Å². The summed E-state index contributed by atoms with van der Waals surface area (Å²) in [6.07, 6.45) is 1.86. The van der Waals surface area contributed by atoms with Crippen LogP contribution in [0, 0.1) is 17.0 Å². The van der Waals surface area contributed by atoms with Crippen molar-refractivity contribution in [3.05, 3.63) is 33.9 Å². The first-order chi connectivity index (χ1) is 9.40. The third-order valence-corrected chi connectivity index (χ3v) is 4.44. The molecule has 0 bridgehead atoms. The minimum atomic E-state index is -3.91. The van der Waals surface area contributed by atoms with E-state index < -0.39 is 20.6 Å². The van der Waals surface area contributed by atoms with Gasteiger partial charge in [0.2, 0.25) is 10.0 Å². The van der Waals surface area contributed by atoms with Gasteiger partial charge in [-0.25, -0.2) is 13.1 Å². The van der Waals surface area contributed by atoms with Crippen molar-refractivity contribution in [1.29, 1.82) is 0 Å². The number of sulfonamides is 1. The molecule has 0 amide bonds. The second-order valence-corrected chi connectivity index (χ2v) is 6.07. The first-order valence-electron chi connectivity index (χ1n) is 6.24. The van der Waals surface area contributed by atoms with Crippen LogP contribution >= 0.6 is 0 Å². The Hall–Kier alpha value is -1.51. The molecule has 1 rings (SSSR count). The van der Waals surface area contributed by atoms with Crippen LogP contribution in [0.15, 0.2) is 23.1 Å². The number of nitrogens with one attached hydrogen (secondary N) is 1. The molecule has 0 unspecified atom stereocenters. The van der Waals surface area contributed by atoms with E-state index in [0.29, 0.717) is 24.8 Å². The van der Waals surface area contributed by atoms with E-state index in [1.54, 1.807) is 0 Å². The number of aliphatic hydroxyl groups excluding tert-OH is 1. The van der Waals surface area contributed by atoms with E-state index in [2.05, 4.69) is 4.72 Å². The number of benzene rings is 1. The summed E-state index contributed by atoms with van der Waals surface area (Å²) in [4.78, 5) is 9.94. The van der Waals surface area contributed by atoms with Crippen LogP contribution in [0.1, 0.15) is 24.8 Å². The molecular weight excluding hydrogens is 284 g/mol. The fraction of sp³-hybridized carbons (Fsp3) is 0.500. The number of nitro groups is 1. The van der Waals surface area contributed by atoms with E-state index in [1.807, 2.05) is 0 Å². The van der Waals surface area contributed by atoms with Crippen molar-refractivity contribution in [2.24, 2.45) is 0 Å². The highest BCUT2D eigenvalue weighted by molar-refractivity contribution is 7.89. The first kappa shape index (κ1) is 16.5. The molecule has 112 valence electrons. The van der Waals surface area contributed by atoms with E-state index >= 15 is 0 Å². The lowest BCUT2D eigenvalue weighted by molar-refractivity contribution is -0.387. The average Bonchev–Trinajstić information content (AvgIpc) is 2.37. The summed E-state index contributed by atoms with van der Waals surface area (Å²) in [6, 6.07) is 4.15. The number of nitrogens with zero attached hydrogens (tertiary/aromatic N) is 1. The molecular formula is C12H18N2O5S. The van der Waals surface area contributed by atoms with Crippen molar-refractivity contribution in [3.63, 3.8) is 0 Å². The lowest BCUT2D eigenvalue weighted by Gasteiger charge is -2.09. The lowest BCUT2D eigenvalue weighted by Crippen LogP contribution is -2.26. The number of nitro benzene ring substituents is 1. The predicted molar refractivity (Wildman–Crippen MR) is 74.0 cm³/mol. The number of aliphatic hydroxyl groups is 1. The maximum atomic E-state index is 12.1. The first-order valence-corrected chi connectivity index (χ1v) is 7.73. The second-order valence-electron chi connectivity index (χ2n) is 4.36. The van der Waals surface area contributed by atoms with Crippen LogP contribution in [0.25, 0.3) is 0 Å². The zero-order chi connectivity index (χ0) is 15.2. The summed E-state index contributed by atoms with van der Waals surface area (Å²) < 4.78 is 26.6. The van der Waals surface area contributed by atoms with Crippen molar-refractivity contribution < 1.29 is 18.4 Å². The number of aryl methyl sites for hydroxylation is 1. The topological polar surface area (TPSA) is 110 Å². The van der Waals surface area contributed by atoms with Crippen molar-refractivity contribution in [1.82, 2.24) is 4.72 Å². The smallest absolute Gasteiger partial charge is 0.289 e. The van der Waals surface area contributed by atoms with Crippen LogP contribution in [0.4, 0.5) is 5.69 Å².